The summed E-state index contributed by atoms with van der Waals surface area (Å²) in [7, 11) is 0. The molecule has 2 N–H and O–H groups in total. The fourth-order valence-corrected chi connectivity index (χ4v) is 2.26. The van der Waals surface area contributed by atoms with Crippen LogP contribution in [-0.2, 0) is 6.61 Å². The minimum Gasteiger partial charge on any atom is -0.392 e. The van der Waals surface area contributed by atoms with Gasteiger partial charge in [-0.2, -0.15) is 5.10 Å². The second-order valence-electron chi connectivity index (χ2n) is 5.23. The molecule has 0 fully saturated rings. The van der Waals surface area contributed by atoms with Gasteiger partial charge in [-0.1, -0.05) is 12.1 Å². The number of carbonyl (C=O) groups excluding carboxylic acids is 1. The van der Waals surface area contributed by atoms with E-state index in [1.54, 1.807) is 48.7 Å². The molecule has 0 atom stereocenters. The van der Waals surface area contributed by atoms with Crippen molar-refractivity contribution in [1.29, 1.82) is 0 Å². The van der Waals surface area contributed by atoms with Crippen molar-refractivity contribution >= 4 is 17.3 Å². The first-order chi connectivity index (χ1) is 12.1. The van der Waals surface area contributed by atoms with Gasteiger partial charge in [-0.25, -0.2) is 4.68 Å². The van der Waals surface area contributed by atoms with Crippen molar-refractivity contribution in [1.82, 2.24) is 9.78 Å². The molecule has 3 rings (SSSR count). The van der Waals surface area contributed by atoms with E-state index in [9.17, 15) is 14.9 Å². The Morgan fingerprint density at radius 1 is 1.20 bits per heavy atom. The molecule has 2 aromatic carbocycles. The predicted molar refractivity (Wildman–Crippen MR) is 90.5 cm³/mol. The van der Waals surface area contributed by atoms with Crippen LogP contribution in [0.25, 0.3) is 5.69 Å². The maximum absolute atomic E-state index is 12.3. The number of nitrogens with zero attached hydrogens (tertiary/aromatic N) is 3. The molecule has 1 heterocycles. The van der Waals surface area contributed by atoms with E-state index in [0.29, 0.717) is 16.9 Å². The fraction of sp³-hybridized carbons (Fsp3) is 0.0588. The maximum atomic E-state index is 12.3. The zero-order valence-corrected chi connectivity index (χ0v) is 13.0. The van der Waals surface area contributed by atoms with Crippen LogP contribution in [0.5, 0.6) is 0 Å². The summed E-state index contributed by atoms with van der Waals surface area (Å²) in [4.78, 5) is 22.5. The smallest absolute Gasteiger partial charge is 0.276 e. The summed E-state index contributed by atoms with van der Waals surface area (Å²) in [5.74, 6) is -0.393. The number of amides is 1. The quantitative estimate of drug-likeness (QED) is 0.548. The number of anilines is 1. The lowest BCUT2D eigenvalue weighted by Gasteiger charge is -2.05. The highest BCUT2D eigenvalue weighted by molar-refractivity contribution is 6.02. The minimum absolute atomic E-state index is 0.0161. The third-order valence-electron chi connectivity index (χ3n) is 3.51. The van der Waals surface area contributed by atoms with Gasteiger partial charge in [0.2, 0.25) is 0 Å². The Labute approximate surface area is 142 Å². The summed E-state index contributed by atoms with van der Waals surface area (Å²) >= 11 is 0. The summed E-state index contributed by atoms with van der Waals surface area (Å²) in [6.45, 7) is -0.113. The first-order valence-corrected chi connectivity index (χ1v) is 7.38. The third kappa shape index (κ3) is 3.70. The van der Waals surface area contributed by atoms with Gasteiger partial charge in [0.1, 0.15) is 0 Å². The van der Waals surface area contributed by atoms with Crippen molar-refractivity contribution in [3.05, 3.63) is 82.2 Å². The summed E-state index contributed by atoms with van der Waals surface area (Å²) in [5, 5.41) is 26.7. The van der Waals surface area contributed by atoms with Crippen molar-refractivity contribution in [2.75, 3.05) is 5.32 Å². The van der Waals surface area contributed by atoms with Crippen LogP contribution in [0.15, 0.2) is 60.8 Å². The van der Waals surface area contributed by atoms with Crippen molar-refractivity contribution in [3.8, 4) is 5.69 Å². The Kier molecular flexibility index (Phi) is 4.53. The summed E-state index contributed by atoms with van der Waals surface area (Å²) in [5.41, 5.74) is 2.04. The van der Waals surface area contributed by atoms with E-state index >= 15 is 0 Å². The average Bonchev–Trinajstić information content (AvgIpc) is 3.12. The van der Waals surface area contributed by atoms with E-state index in [4.69, 9.17) is 5.11 Å². The molecular weight excluding hydrogens is 324 g/mol. The van der Waals surface area contributed by atoms with Crippen molar-refractivity contribution < 1.29 is 14.8 Å². The van der Waals surface area contributed by atoms with Gasteiger partial charge in [-0.3, -0.25) is 14.9 Å². The van der Waals surface area contributed by atoms with Gasteiger partial charge in [0.15, 0.2) is 5.69 Å². The molecule has 0 aliphatic carbocycles. The molecule has 0 bridgehead atoms. The van der Waals surface area contributed by atoms with Crippen LogP contribution in [0.4, 0.5) is 11.4 Å². The Morgan fingerprint density at radius 3 is 2.64 bits per heavy atom. The van der Waals surface area contributed by atoms with Gasteiger partial charge in [-0.15, -0.1) is 0 Å². The van der Waals surface area contributed by atoms with Crippen LogP contribution in [0.2, 0.25) is 0 Å². The molecule has 8 heteroatoms. The Hall–Kier alpha value is -3.52. The second-order valence-corrected chi connectivity index (χ2v) is 5.23. The van der Waals surface area contributed by atoms with E-state index in [1.807, 2.05) is 0 Å². The first-order valence-electron chi connectivity index (χ1n) is 7.38. The summed E-state index contributed by atoms with van der Waals surface area (Å²) < 4.78 is 1.46. The lowest BCUT2D eigenvalue weighted by Crippen LogP contribution is -2.13. The second kappa shape index (κ2) is 6.93. The molecule has 0 spiro atoms. The van der Waals surface area contributed by atoms with Crippen LogP contribution in [0.1, 0.15) is 16.1 Å². The maximum Gasteiger partial charge on any atom is 0.276 e. The highest BCUT2D eigenvalue weighted by Gasteiger charge is 2.12. The van der Waals surface area contributed by atoms with Crippen LogP contribution < -0.4 is 5.32 Å². The first kappa shape index (κ1) is 16.3. The molecule has 0 saturated heterocycles. The average molecular weight is 338 g/mol. The molecule has 8 nitrogen and oxygen atoms in total. The monoisotopic (exact) mass is 338 g/mol. The van der Waals surface area contributed by atoms with E-state index in [1.165, 1.54) is 16.8 Å². The van der Waals surface area contributed by atoms with Gasteiger partial charge in [0, 0.05) is 24.0 Å². The molecule has 25 heavy (non-hydrogen) atoms. The van der Waals surface area contributed by atoms with Gasteiger partial charge in [-0.05, 0) is 35.9 Å². The normalized spacial score (nSPS) is 10.4. The Bertz CT molecular complexity index is 918. The number of non-ortho nitro benzene ring substituents is 1. The standard InChI is InChI=1S/C17H14N4O4/c22-11-12-2-1-3-13(10-12)18-17(23)16-8-9-20(19-16)14-4-6-15(7-5-14)21(24)25/h1-10,22H,11H2,(H,18,23). The number of hydrogen-bond donors (Lipinski definition) is 2. The number of rotatable bonds is 5. The highest BCUT2D eigenvalue weighted by Crippen LogP contribution is 2.16. The van der Waals surface area contributed by atoms with E-state index in [-0.39, 0.29) is 18.0 Å². The number of carbonyl (C=O) groups is 1. The SMILES string of the molecule is O=C(Nc1cccc(CO)c1)c1ccn(-c2ccc([N+](=O)[O-])cc2)n1. The zero-order chi connectivity index (χ0) is 17.8. The Balaban J connectivity index is 1.76. The zero-order valence-electron chi connectivity index (χ0n) is 13.0. The van der Waals surface area contributed by atoms with Gasteiger partial charge < -0.3 is 10.4 Å². The number of benzene rings is 2. The number of nitro benzene ring substituents is 1. The van der Waals surface area contributed by atoms with Gasteiger partial charge in [0.25, 0.3) is 11.6 Å². The van der Waals surface area contributed by atoms with E-state index in [0.717, 1.165) is 0 Å². The molecule has 3 aromatic rings. The highest BCUT2D eigenvalue weighted by atomic mass is 16.6. The third-order valence-corrected chi connectivity index (χ3v) is 3.51. The predicted octanol–water partition coefficient (Wildman–Crippen LogP) is 2.53. The Morgan fingerprint density at radius 2 is 1.96 bits per heavy atom. The molecule has 126 valence electrons. The van der Waals surface area contributed by atoms with Crippen molar-refractivity contribution in [2.24, 2.45) is 0 Å². The van der Waals surface area contributed by atoms with Crippen LogP contribution >= 0.6 is 0 Å². The molecule has 0 saturated carbocycles. The van der Waals surface area contributed by atoms with Crippen molar-refractivity contribution in [2.45, 2.75) is 6.61 Å². The molecule has 0 aliphatic heterocycles. The van der Waals surface area contributed by atoms with E-state index < -0.39 is 10.8 Å². The lowest BCUT2D eigenvalue weighted by atomic mass is 10.2. The number of aliphatic hydroxyl groups excluding tert-OH is 1. The number of aromatic nitrogens is 2. The van der Waals surface area contributed by atoms with Crippen LogP contribution in [0.3, 0.4) is 0 Å². The minimum atomic E-state index is -0.480. The number of aliphatic hydroxyl groups is 1. The molecular formula is C17H14N4O4. The lowest BCUT2D eigenvalue weighted by molar-refractivity contribution is -0.384. The number of nitrogens with one attached hydrogen (secondary N) is 1. The molecule has 1 amide bonds. The number of nitro groups is 1. The molecule has 0 unspecified atom stereocenters. The van der Waals surface area contributed by atoms with E-state index in [2.05, 4.69) is 10.4 Å². The van der Waals surface area contributed by atoms with Crippen LogP contribution in [-0.4, -0.2) is 25.7 Å². The van der Waals surface area contributed by atoms with Crippen LogP contribution in [0, 0.1) is 10.1 Å². The van der Waals surface area contributed by atoms with Gasteiger partial charge in [0.05, 0.1) is 17.2 Å². The van der Waals surface area contributed by atoms with Gasteiger partial charge >= 0.3 is 0 Å². The fourth-order valence-electron chi connectivity index (χ4n) is 2.26. The largest absolute Gasteiger partial charge is 0.392 e. The topological polar surface area (TPSA) is 110 Å². The molecule has 0 aliphatic rings. The molecule has 1 aromatic heterocycles. The molecule has 0 radical (unpaired) electrons. The summed E-state index contributed by atoms with van der Waals surface area (Å²) in [6.07, 6.45) is 1.60. The summed E-state index contributed by atoms with van der Waals surface area (Å²) in [6, 6.07) is 14.3. The van der Waals surface area contributed by atoms with Crippen molar-refractivity contribution in [3.63, 3.8) is 0 Å². The number of hydrogen-bond acceptors (Lipinski definition) is 5.